The highest BCUT2D eigenvalue weighted by atomic mass is 16.3. The second-order valence-electron chi connectivity index (χ2n) is 4.23. The van der Waals surface area contributed by atoms with Crippen LogP contribution in [0.25, 0.3) is 0 Å². The number of H-pyrrole nitrogens is 2. The fraction of sp³-hybridized carbons (Fsp3) is 0.333. The van der Waals surface area contributed by atoms with Gasteiger partial charge in [-0.05, 0) is 24.6 Å². The molecule has 0 aliphatic heterocycles. The summed E-state index contributed by atoms with van der Waals surface area (Å²) < 4.78 is 0. The number of rotatable bonds is 5. The summed E-state index contributed by atoms with van der Waals surface area (Å²) in [5, 5.41) is 18.9. The molecule has 1 atom stereocenters. The molecule has 1 heterocycles. The molecule has 6 nitrogen and oxygen atoms in total. The van der Waals surface area contributed by atoms with E-state index < -0.39 is 6.10 Å². The third-order valence-electron chi connectivity index (χ3n) is 2.54. The summed E-state index contributed by atoms with van der Waals surface area (Å²) in [6.45, 7) is 2.41. The largest absolute Gasteiger partial charge is 0.391 e. The summed E-state index contributed by atoms with van der Waals surface area (Å²) in [6.07, 6.45) is -0.304. The Bertz CT molecular complexity index is 561. The van der Waals surface area contributed by atoms with Crippen molar-refractivity contribution in [2.45, 2.75) is 19.4 Å². The summed E-state index contributed by atoms with van der Waals surface area (Å²) >= 11 is 0. The Labute approximate surface area is 104 Å². The standard InChI is InChI=1S/C12H16N4O2/c1-8-3-2-4-9(5-8)13-7-10(17)6-11-14-12(18)16-15-11/h2-5,10,13,17H,6-7H2,1H3,(H2,14,15,16,18). The minimum Gasteiger partial charge on any atom is -0.391 e. The van der Waals surface area contributed by atoms with Crippen LogP contribution < -0.4 is 11.0 Å². The van der Waals surface area contributed by atoms with Crippen molar-refractivity contribution < 1.29 is 5.11 Å². The second-order valence-corrected chi connectivity index (χ2v) is 4.23. The Hall–Kier alpha value is -2.08. The highest BCUT2D eigenvalue weighted by Crippen LogP contribution is 2.09. The van der Waals surface area contributed by atoms with Gasteiger partial charge in [-0.3, -0.25) is 4.98 Å². The first-order valence-corrected chi connectivity index (χ1v) is 5.75. The molecule has 1 aromatic carbocycles. The SMILES string of the molecule is Cc1cccc(NCC(O)Cc2n[nH]c(=O)[nH]2)c1. The quantitative estimate of drug-likeness (QED) is 0.617. The molecule has 0 aliphatic rings. The van der Waals surface area contributed by atoms with Crippen molar-refractivity contribution in [1.82, 2.24) is 15.2 Å². The van der Waals surface area contributed by atoms with Crippen LogP contribution in [-0.2, 0) is 6.42 Å². The molecule has 1 aromatic heterocycles. The molecule has 6 heteroatoms. The lowest BCUT2D eigenvalue weighted by Gasteiger charge is -2.11. The number of aromatic amines is 2. The average Bonchev–Trinajstić information content (AvgIpc) is 2.72. The van der Waals surface area contributed by atoms with Gasteiger partial charge in [0, 0.05) is 18.7 Å². The normalized spacial score (nSPS) is 12.3. The van der Waals surface area contributed by atoms with Crippen molar-refractivity contribution in [1.29, 1.82) is 0 Å². The monoisotopic (exact) mass is 248 g/mol. The first-order valence-electron chi connectivity index (χ1n) is 5.75. The summed E-state index contributed by atoms with van der Waals surface area (Å²) in [5.74, 6) is 0.457. The van der Waals surface area contributed by atoms with Crippen LogP contribution in [0.3, 0.4) is 0 Å². The van der Waals surface area contributed by atoms with Crippen LogP contribution in [0.1, 0.15) is 11.4 Å². The van der Waals surface area contributed by atoms with E-state index in [1.807, 2.05) is 31.2 Å². The average molecular weight is 248 g/mol. The number of hydrogen-bond acceptors (Lipinski definition) is 4. The van der Waals surface area contributed by atoms with Crippen LogP contribution in [0.5, 0.6) is 0 Å². The zero-order valence-electron chi connectivity index (χ0n) is 10.1. The molecule has 0 fully saturated rings. The molecule has 0 spiro atoms. The fourth-order valence-electron chi connectivity index (χ4n) is 1.69. The van der Waals surface area contributed by atoms with E-state index in [0.717, 1.165) is 11.3 Å². The zero-order chi connectivity index (χ0) is 13.0. The first kappa shape index (κ1) is 12.4. The Balaban J connectivity index is 1.85. The molecule has 0 radical (unpaired) electrons. The van der Waals surface area contributed by atoms with Crippen molar-refractivity contribution in [3.8, 4) is 0 Å². The number of aliphatic hydroxyl groups is 1. The second kappa shape index (κ2) is 5.50. The molecular formula is C12H16N4O2. The van der Waals surface area contributed by atoms with E-state index >= 15 is 0 Å². The molecular weight excluding hydrogens is 232 g/mol. The molecule has 0 saturated heterocycles. The van der Waals surface area contributed by atoms with E-state index in [1.54, 1.807) is 0 Å². The first-order chi connectivity index (χ1) is 8.63. The van der Waals surface area contributed by atoms with Crippen molar-refractivity contribution >= 4 is 5.69 Å². The number of hydrogen-bond donors (Lipinski definition) is 4. The third-order valence-corrected chi connectivity index (χ3v) is 2.54. The van der Waals surface area contributed by atoms with Crippen LogP contribution in [0.4, 0.5) is 5.69 Å². The van der Waals surface area contributed by atoms with Crippen molar-refractivity contribution in [3.05, 3.63) is 46.1 Å². The molecule has 18 heavy (non-hydrogen) atoms. The Morgan fingerprint density at radius 2 is 2.33 bits per heavy atom. The number of benzene rings is 1. The summed E-state index contributed by atoms with van der Waals surface area (Å²) in [7, 11) is 0. The van der Waals surface area contributed by atoms with Crippen molar-refractivity contribution in [3.63, 3.8) is 0 Å². The third kappa shape index (κ3) is 3.46. The van der Waals surface area contributed by atoms with Gasteiger partial charge in [0.25, 0.3) is 0 Å². The van der Waals surface area contributed by atoms with E-state index in [0.29, 0.717) is 18.8 Å². The van der Waals surface area contributed by atoms with E-state index in [9.17, 15) is 9.90 Å². The minimum atomic E-state index is -0.607. The molecule has 96 valence electrons. The van der Waals surface area contributed by atoms with E-state index in [2.05, 4.69) is 20.5 Å². The lowest BCUT2D eigenvalue weighted by Crippen LogP contribution is -2.22. The molecule has 2 rings (SSSR count). The van der Waals surface area contributed by atoms with Gasteiger partial charge < -0.3 is 10.4 Å². The Morgan fingerprint density at radius 1 is 1.50 bits per heavy atom. The molecule has 0 saturated carbocycles. The predicted octanol–water partition coefficient (Wildman–Crippen LogP) is 0.422. The minimum absolute atomic E-state index is 0.303. The van der Waals surface area contributed by atoms with E-state index in [1.165, 1.54) is 0 Å². The molecule has 4 N–H and O–H groups in total. The van der Waals surface area contributed by atoms with Gasteiger partial charge in [0.05, 0.1) is 6.10 Å². The van der Waals surface area contributed by atoms with Gasteiger partial charge in [-0.15, -0.1) is 0 Å². The Kier molecular flexibility index (Phi) is 3.78. The highest BCUT2D eigenvalue weighted by molar-refractivity contribution is 5.45. The summed E-state index contributed by atoms with van der Waals surface area (Å²) in [4.78, 5) is 13.3. The number of anilines is 1. The van der Waals surface area contributed by atoms with Crippen molar-refractivity contribution in [2.24, 2.45) is 0 Å². The number of aryl methyl sites for hydroxylation is 1. The van der Waals surface area contributed by atoms with Gasteiger partial charge in [0.2, 0.25) is 0 Å². The Morgan fingerprint density at radius 3 is 3.00 bits per heavy atom. The maximum atomic E-state index is 10.8. The van der Waals surface area contributed by atoms with Crippen LogP contribution in [0.15, 0.2) is 29.1 Å². The fourth-order valence-corrected chi connectivity index (χ4v) is 1.69. The topological polar surface area (TPSA) is 93.8 Å². The molecule has 0 amide bonds. The van der Waals surface area contributed by atoms with Crippen LogP contribution in [0, 0.1) is 6.92 Å². The lowest BCUT2D eigenvalue weighted by molar-refractivity contribution is 0.185. The van der Waals surface area contributed by atoms with Gasteiger partial charge in [-0.1, -0.05) is 12.1 Å². The zero-order valence-corrected chi connectivity index (χ0v) is 10.1. The smallest absolute Gasteiger partial charge is 0.340 e. The number of aliphatic hydroxyl groups excluding tert-OH is 1. The van der Waals surface area contributed by atoms with Gasteiger partial charge in [-0.25, -0.2) is 9.89 Å². The van der Waals surface area contributed by atoms with Gasteiger partial charge >= 0.3 is 5.69 Å². The van der Waals surface area contributed by atoms with Crippen LogP contribution in [0.2, 0.25) is 0 Å². The van der Waals surface area contributed by atoms with Crippen LogP contribution in [-0.4, -0.2) is 32.9 Å². The number of aromatic nitrogens is 3. The molecule has 1 unspecified atom stereocenters. The van der Waals surface area contributed by atoms with Gasteiger partial charge in [0.15, 0.2) is 0 Å². The highest BCUT2D eigenvalue weighted by Gasteiger charge is 2.08. The molecule has 0 bridgehead atoms. The van der Waals surface area contributed by atoms with Gasteiger partial charge in [0.1, 0.15) is 5.82 Å². The lowest BCUT2D eigenvalue weighted by atomic mass is 10.2. The number of nitrogens with one attached hydrogen (secondary N) is 3. The van der Waals surface area contributed by atoms with Crippen LogP contribution >= 0.6 is 0 Å². The summed E-state index contributed by atoms with van der Waals surface area (Å²) in [6, 6.07) is 7.91. The van der Waals surface area contributed by atoms with E-state index in [-0.39, 0.29) is 5.69 Å². The molecule has 0 aliphatic carbocycles. The number of nitrogens with zero attached hydrogens (tertiary/aromatic N) is 1. The maximum absolute atomic E-state index is 10.8. The van der Waals surface area contributed by atoms with E-state index in [4.69, 9.17) is 0 Å². The molecule has 2 aromatic rings. The predicted molar refractivity (Wildman–Crippen MR) is 68.6 cm³/mol. The van der Waals surface area contributed by atoms with Crippen molar-refractivity contribution in [2.75, 3.05) is 11.9 Å². The maximum Gasteiger partial charge on any atom is 0.340 e. The van der Waals surface area contributed by atoms with Gasteiger partial charge in [-0.2, -0.15) is 5.10 Å². The summed E-state index contributed by atoms with van der Waals surface area (Å²) in [5.41, 5.74) is 1.76.